The zero-order valence-corrected chi connectivity index (χ0v) is 16.6. The van der Waals surface area contributed by atoms with Crippen LogP contribution in [0.4, 0.5) is 0 Å². The average molecular weight is 388 g/mol. The summed E-state index contributed by atoms with van der Waals surface area (Å²) in [6.45, 7) is 2.10. The molecule has 0 aliphatic heterocycles. The van der Waals surface area contributed by atoms with E-state index in [1.54, 1.807) is 25.1 Å². The van der Waals surface area contributed by atoms with E-state index in [1.807, 2.05) is 48.7 Å². The molecule has 140 valence electrons. The van der Waals surface area contributed by atoms with Crippen LogP contribution < -0.4 is 4.74 Å². The van der Waals surface area contributed by atoms with Crippen molar-refractivity contribution >= 4 is 11.8 Å². The van der Waals surface area contributed by atoms with Crippen LogP contribution in [0.3, 0.4) is 0 Å². The highest BCUT2D eigenvalue weighted by atomic mass is 32.2. The summed E-state index contributed by atoms with van der Waals surface area (Å²) < 4.78 is 7.44. The largest absolute Gasteiger partial charge is 0.497 e. The topological polar surface area (TPSA) is 52.8 Å². The fourth-order valence-corrected chi connectivity index (χ4v) is 3.87. The van der Waals surface area contributed by atoms with Crippen LogP contribution in [-0.2, 0) is 5.75 Å². The molecule has 0 bridgehead atoms. The number of pyridine rings is 1. The molecule has 0 saturated carbocycles. The highest BCUT2D eigenvalue weighted by Crippen LogP contribution is 2.31. The number of methoxy groups -OCH3 is 1. The van der Waals surface area contributed by atoms with Gasteiger partial charge in [-0.2, -0.15) is 0 Å². The number of ether oxygens (including phenoxy) is 1. The quantitative estimate of drug-likeness (QED) is 0.438. The maximum Gasteiger partial charge on any atom is 0.196 e. The molecule has 0 spiro atoms. The Labute approximate surface area is 168 Å². The first-order valence-corrected chi connectivity index (χ1v) is 9.92. The summed E-state index contributed by atoms with van der Waals surface area (Å²) in [6, 6.07) is 20.3. The number of aryl methyl sites for hydroxylation is 1. The van der Waals surface area contributed by atoms with Crippen LogP contribution in [0.25, 0.3) is 17.1 Å². The molecule has 4 aromatic rings. The van der Waals surface area contributed by atoms with E-state index in [1.165, 1.54) is 5.56 Å². The first kappa shape index (κ1) is 18.3. The van der Waals surface area contributed by atoms with Crippen LogP contribution in [0.15, 0.2) is 78.2 Å². The summed E-state index contributed by atoms with van der Waals surface area (Å²) in [7, 11) is 1.68. The number of benzene rings is 2. The van der Waals surface area contributed by atoms with Crippen molar-refractivity contribution in [2.45, 2.75) is 17.8 Å². The molecule has 28 heavy (non-hydrogen) atoms. The summed E-state index contributed by atoms with van der Waals surface area (Å²) >= 11 is 1.65. The van der Waals surface area contributed by atoms with Gasteiger partial charge in [0.1, 0.15) is 5.75 Å². The van der Waals surface area contributed by atoms with Gasteiger partial charge in [0.05, 0.1) is 12.8 Å². The molecule has 4 rings (SSSR count). The summed E-state index contributed by atoms with van der Waals surface area (Å²) in [5, 5.41) is 9.81. The number of aromatic nitrogens is 4. The Morgan fingerprint density at radius 3 is 2.68 bits per heavy atom. The van der Waals surface area contributed by atoms with E-state index >= 15 is 0 Å². The molecule has 2 aromatic heterocycles. The van der Waals surface area contributed by atoms with Crippen molar-refractivity contribution in [1.82, 2.24) is 19.7 Å². The molecule has 0 amide bonds. The monoisotopic (exact) mass is 388 g/mol. The van der Waals surface area contributed by atoms with Crippen LogP contribution in [-0.4, -0.2) is 26.9 Å². The van der Waals surface area contributed by atoms with E-state index in [0.29, 0.717) is 0 Å². The molecular formula is C22H20N4OS. The minimum atomic E-state index is 0.772. The van der Waals surface area contributed by atoms with Crippen molar-refractivity contribution < 1.29 is 4.74 Å². The molecule has 0 unspecified atom stereocenters. The number of para-hydroxylation sites is 1. The lowest BCUT2D eigenvalue weighted by Gasteiger charge is -2.13. The second kappa shape index (κ2) is 8.27. The Bertz CT molecular complexity index is 1080. The number of hydrogen-bond acceptors (Lipinski definition) is 5. The lowest BCUT2D eigenvalue weighted by molar-refractivity contribution is 0.414. The summed E-state index contributed by atoms with van der Waals surface area (Å²) in [5.41, 5.74) is 4.34. The van der Waals surface area contributed by atoms with Crippen LogP contribution in [0.5, 0.6) is 5.75 Å². The molecule has 0 N–H and O–H groups in total. The van der Waals surface area contributed by atoms with Gasteiger partial charge in [0.25, 0.3) is 0 Å². The Morgan fingerprint density at radius 1 is 1.00 bits per heavy atom. The van der Waals surface area contributed by atoms with Crippen molar-refractivity contribution in [1.29, 1.82) is 0 Å². The van der Waals surface area contributed by atoms with Crippen LogP contribution >= 0.6 is 11.8 Å². The SMILES string of the molecule is COc1cccc(CSc2nnc(-c3cccnc3)n2-c2ccccc2C)c1. The highest BCUT2D eigenvalue weighted by Gasteiger charge is 2.17. The standard InChI is InChI=1S/C22H20N4OS/c1-16-7-3-4-11-20(16)26-21(18-9-6-12-23-14-18)24-25-22(26)28-15-17-8-5-10-19(13-17)27-2/h3-14H,15H2,1-2H3. The van der Waals surface area contributed by atoms with Gasteiger partial charge in [-0.15, -0.1) is 10.2 Å². The van der Waals surface area contributed by atoms with Crippen molar-refractivity contribution in [3.8, 4) is 22.8 Å². The van der Waals surface area contributed by atoms with E-state index in [9.17, 15) is 0 Å². The third-order valence-corrected chi connectivity index (χ3v) is 5.41. The third kappa shape index (κ3) is 3.77. The molecule has 0 aliphatic carbocycles. The van der Waals surface area contributed by atoms with Gasteiger partial charge in [-0.1, -0.05) is 42.1 Å². The highest BCUT2D eigenvalue weighted by molar-refractivity contribution is 7.98. The normalized spacial score (nSPS) is 10.8. The van der Waals surface area contributed by atoms with Gasteiger partial charge in [-0.3, -0.25) is 9.55 Å². The van der Waals surface area contributed by atoms with E-state index in [0.717, 1.165) is 39.3 Å². The van der Waals surface area contributed by atoms with Gasteiger partial charge in [-0.05, 0) is 48.4 Å². The lowest BCUT2D eigenvalue weighted by atomic mass is 10.2. The first-order valence-electron chi connectivity index (χ1n) is 8.94. The summed E-state index contributed by atoms with van der Waals surface area (Å²) in [4.78, 5) is 4.24. The molecule has 2 aromatic carbocycles. The summed E-state index contributed by atoms with van der Waals surface area (Å²) in [6.07, 6.45) is 3.58. The number of hydrogen-bond donors (Lipinski definition) is 0. The minimum absolute atomic E-state index is 0.772. The second-order valence-electron chi connectivity index (χ2n) is 6.31. The van der Waals surface area contributed by atoms with Gasteiger partial charge in [0.2, 0.25) is 0 Å². The average Bonchev–Trinajstić information content (AvgIpc) is 3.17. The van der Waals surface area contributed by atoms with Crippen LogP contribution in [0, 0.1) is 6.92 Å². The first-order chi connectivity index (χ1) is 13.8. The maximum absolute atomic E-state index is 5.33. The van der Waals surface area contributed by atoms with Crippen LogP contribution in [0.1, 0.15) is 11.1 Å². The molecule has 0 saturated heterocycles. The fourth-order valence-electron chi connectivity index (χ4n) is 2.99. The lowest BCUT2D eigenvalue weighted by Crippen LogP contribution is -2.02. The van der Waals surface area contributed by atoms with Gasteiger partial charge in [0, 0.05) is 23.7 Å². The van der Waals surface area contributed by atoms with Crippen molar-refractivity contribution in [3.63, 3.8) is 0 Å². The molecular weight excluding hydrogens is 368 g/mol. The molecule has 2 heterocycles. The van der Waals surface area contributed by atoms with E-state index in [2.05, 4.69) is 44.9 Å². The third-order valence-electron chi connectivity index (χ3n) is 4.41. The molecule has 5 nitrogen and oxygen atoms in total. The number of rotatable bonds is 6. The van der Waals surface area contributed by atoms with E-state index < -0.39 is 0 Å². The van der Waals surface area contributed by atoms with Crippen molar-refractivity contribution in [2.24, 2.45) is 0 Å². The maximum atomic E-state index is 5.33. The van der Waals surface area contributed by atoms with Gasteiger partial charge in [0.15, 0.2) is 11.0 Å². The smallest absolute Gasteiger partial charge is 0.196 e. The predicted molar refractivity (Wildman–Crippen MR) is 112 cm³/mol. The van der Waals surface area contributed by atoms with E-state index in [4.69, 9.17) is 4.74 Å². The van der Waals surface area contributed by atoms with Crippen molar-refractivity contribution in [3.05, 3.63) is 84.2 Å². The Hall–Kier alpha value is -3.12. The van der Waals surface area contributed by atoms with Crippen LogP contribution in [0.2, 0.25) is 0 Å². The molecule has 0 fully saturated rings. The predicted octanol–water partition coefficient (Wildman–Crippen LogP) is 4.94. The van der Waals surface area contributed by atoms with Gasteiger partial charge in [-0.25, -0.2) is 0 Å². The zero-order chi connectivity index (χ0) is 19.3. The van der Waals surface area contributed by atoms with Gasteiger partial charge >= 0.3 is 0 Å². The van der Waals surface area contributed by atoms with Crippen molar-refractivity contribution in [2.75, 3.05) is 7.11 Å². The Kier molecular flexibility index (Phi) is 5.39. The minimum Gasteiger partial charge on any atom is -0.497 e. The Balaban J connectivity index is 1.73. The zero-order valence-electron chi connectivity index (χ0n) is 15.7. The number of thioether (sulfide) groups is 1. The molecule has 0 radical (unpaired) electrons. The molecule has 0 atom stereocenters. The fraction of sp³-hybridized carbons (Fsp3) is 0.136. The van der Waals surface area contributed by atoms with Gasteiger partial charge < -0.3 is 4.74 Å². The Morgan fingerprint density at radius 2 is 1.89 bits per heavy atom. The molecule has 6 heteroatoms. The van der Waals surface area contributed by atoms with E-state index in [-0.39, 0.29) is 0 Å². The second-order valence-corrected chi connectivity index (χ2v) is 7.25. The summed E-state index contributed by atoms with van der Waals surface area (Å²) in [5.74, 6) is 2.42. The number of nitrogens with zero attached hydrogens (tertiary/aromatic N) is 4. The molecule has 0 aliphatic rings.